The van der Waals surface area contributed by atoms with E-state index in [4.69, 9.17) is 11.6 Å². The van der Waals surface area contributed by atoms with Crippen LogP contribution in [0.4, 0.5) is 0 Å². The largest absolute Gasteiger partial charge is 0.354 e. The first-order valence-corrected chi connectivity index (χ1v) is 8.21. The van der Waals surface area contributed by atoms with E-state index in [0.29, 0.717) is 24.7 Å². The number of hydrogen-bond donors (Lipinski definition) is 1. The third-order valence-electron chi connectivity index (χ3n) is 4.16. The molecular weight excluding hydrogens is 300 g/mol. The molecule has 0 aromatic heterocycles. The van der Waals surface area contributed by atoms with E-state index in [-0.39, 0.29) is 17.7 Å². The van der Waals surface area contributed by atoms with Crippen LogP contribution in [0, 0.1) is 5.92 Å². The van der Waals surface area contributed by atoms with Crippen LogP contribution >= 0.6 is 11.6 Å². The van der Waals surface area contributed by atoms with Crippen molar-refractivity contribution >= 4 is 23.4 Å². The molecule has 1 aliphatic rings. The Hall–Kier alpha value is -1.55. The van der Waals surface area contributed by atoms with Gasteiger partial charge in [0.15, 0.2) is 0 Å². The zero-order valence-electron chi connectivity index (χ0n) is 13.0. The SMILES string of the molecule is CC(=O)N(CCNC(=O)C1CCC1)CCc1cccc(Cl)c1. The molecule has 1 aliphatic carbocycles. The molecule has 1 aromatic carbocycles. The Bertz CT molecular complexity index is 529. The second kappa shape index (κ2) is 8.18. The average molecular weight is 323 g/mol. The highest BCUT2D eigenvalue weighted by molar-refractivity contribution is 6.30. The zero-order valence-corrected chi connectivity index (χ0v) is 13.7. The fourth-order valence-electron chi connectivity index (χ4n) is 2.51. The van der Waals surface area contributed by atoms with Gasteiger partial charge in [0, 0.05) is 37.5 Å². The van der Waals surface area contributed by atoms with E-state index in [0.717, 1.165) is 31.2 Å². The quantitative estimate of drug-likeness (QED) is 0.839. The van der Waals surface area contributed by atoms with Gasteiger partial charge >= 0.3 is 0 Å². The molecule has 0 spiro atoms. The fraction of sp³-hybridized carbons (Fsp3) is 0.529. The summed E-state index contributed by atoms with van der Waals surface area (Å²) in [5, 5.41) is 3.63. The van der Waals surface area contributed by atoms with Crippen LogP contribution in [-0.4, -0.2) is 36.3 Å². The van der Waals surface area contributed by atoms with Gasteiger partial charge in [0.05, 0.1) is 0 Å². The molecule has 1 fully saturated rings. The Labute approximate surface area is 136 Å². The molecule has 2 amide bonds. The van der Waals surface area contributed by atoms with Crippen molar-refractivity contribution in [2.24, 2.45) is 5.92 Å². The van der Waals surface area contributed by atoms with Crippen molar-refractivity contribution < 1.29 is 9.59 Å². The van der Waals surface area contributed by atoms with Crippen molar-refractivity contribution in [1.82, 2.24) is 10.2 Å². The van der Waals surface area contributed by atoms with Gasteiger partial charge in [0.25, 0.3) is 0 Å². The molecule has 1 N–H and O–H groups in total. The van der Waals surface area contributed by atoms with Crippen LogP contribution in [0.1, 0.15) is 31.7 Å². The third kappa shape index (κ3) is 5.02. The molecule has 0 atom stereocenters. The first-order valence-electron chi connectivity index (χ1n) is 7.84. The lowest BCUT2D eigenvalue weighted by Gasteiger charge is -2.25. The highest BCUT2D eigenvalue weighted by Crippen LogP contribution is 2.25. The zero-order chi connectivity index (χ0) is 15.9. The van der Waals surface area contributed by atoms with Gasteiger partial charge in [-0.05, 0) is 37.0 Å². The van der Waals surface area contributed by atoms with Crippen molar-refractivity contribution in [2.75, 3.05) is 19.6 Å². The second-order valence-corrected chi connectivity index (χ2v) is 6.24. The molecule has 2 rings (SSSR count). The van der Waals surface area contributed by atoms with Gasteiger partial charge in [-0.1, -0.05) is 30.2 Å². The van der Waals surface area contributed by atoms with E-state index in [1.165, 1.54) is 0 Å². The highest BCUT2D eigenvalue weighted by atomic mass is 35.5. The normalized spacial score (nSPS) is 14.3. The van der Waals surface area contributed by atoms with E-state index in [1.807, 2.05) is 24.3 Å². The molecule has 0 unspecified atom stereocenters. The minimum atomic E-state index is 0.0277. The smallest absolute Gasteiger partial charge is 0.223 e. The molecule has 0 saturated heterocycles. The maximum absolute atomic E-state index is 11.8. The lowest BCUT2D eigenvalue weighted by Crippen LogP contribution is -2.41. The molecule has 5 heteroatoms. The maximum Gasteiger partial charge on any atom is 0.223 e. The van der Waals surface area contributed by atoms with Gasteiger partial charge in [0.2, 0.25) is 11.8 Å². The summed E-state index contributed by atoms with van der Waals surface area (Å²) in [6.07, 6.45) is 3.90. The topological polar surface area (TPSA) is 49.4 Å². The van der Waals surface area contributed by atoms with Crippen LogP contribution in [0.25, 0.3) is 0 Å². The molecule has 4 nitrogen and oxygen atoms in total. The molecule has 0 radical (unpaired) electrons. The van der Waals surface area contributed by atoms with Crippen molar-refractivity contribution in [3.8, 4) is 0 Å². The summed E-state index contributed by atoms with van der Waals surface area (Å²) in [5.74, 6) is 0.349. The first kappa shape index (κ1) is 16.8. The number of rotatable bonds is 7. The number of carbonyl (C=O) groups excluding carboxylic acids is 2. The average Bonchev–Trinajstić information content (AvgIpc) is 2.40. The highest BCUT2D eigenvalue weighted by Gasteiger charge is 2.24. The van der Waals surface area contributed by atoms with Crippen molar-refractivity contribution in [3.63, 3.8) is 0 Å². The monoisotopic (exact) mass is 322 g/mol. The predicted octanol–water partition coefficient (Wildman–Crippen LogP) is 2.65. The summed E-state index contributed by atoms with van der Waals surface area (Å²) in [6.45, 7) is 3.26. The van der Waals surface area contributed by atoms with Gasteiger partial charge in [-0.3, -0.25) is 9.59 Å². The Morgan fingerprint density at radius 3 is 2.68 bits per heavy atom. The Morgan fingerprint density at radius 1 is 1.32 bits per heavy atom. The van der Waals surface area contributed by atoms with Crippen molar-refractivity contribution in [1.29, 1.82) is 0 Å². The summed E-state index contributed by atoms with van der Waals surface area (Å²) in [7, 11) is 0. The molecule has 0 heterocycles. The van der Waals surface area contributed by atoms with Gasteiger partial charge in [-0.15, -0.1) is 0 Å². The molecule has 120 valence electrons. The number of nitrogens with one attached hydrogen (secondary N) is 1. The summed E-state index contributed by atoms with van der Waals surface area (Å²) >= 11 is 5.96. The molecule has 1 saturated carbocycles. The maximum atomic E-state index is 11.8. The van der Waals surface area contributed by atoms with Gasteiger partial charge < -0.3 is 10.2 Å². The number of halogens is 1. The van der Waals surface area contributed by atoms with E-state index in [1.54, 1.807) is 11.8 Å². The predicted molar refractivity (Wildman–Crippen MR) is 87.8 cm³/mol. The van der Waals surface area contributed by atoms with Crippen LogP contribution in [0.5, 0.6) is 0 Å². The first-order chi connectivity index (χ1) is 10.6. The van der Waals surface area contributed by atoms with Crippen LogP contribution in [0.15, 0.2) is 24.3 Å². The molecule has 0 bridgehead atoms. The molecule has 0 aliphatic heterocycles. The van der Waals surface area contributed by atoms with E-state index in [9.17, 15) is 9.59 Å². The molecule has 22 heavy (non-hydrogen) atoms. The van der Waals surface area contributed by atoms with Crippen LogP contribution in [0.2, 0.25) is 5.02 Å². The number of hydrogen-bond acceptors (Lipinski definition) is 2. The summed E-state index contributed by atoms with van der Waals surface area (Å²) < 4.78 is 0. The van der Waals surface area contributed by atoms with Crippen LogP contribution < -0.4 is 5.32 Å². The van der Waals surface area contributed by atoms with Crippen LogP contribution in [-0.2, 0) is 16.0 Å². The van der Waals surface area contributed by atoms with Gasteiger partial charge in [-0.2, -0.15) is 0 Å². The summed E-state index contributed by atoms with van der Waals surface area (Å²) in [5.41, 5.74) is 1.11. The molecular formula is C17H23ClN2O2. The number of nitrogens with zero attached hydrogens (tertiary/aromatic N) is 1. The summed E-state index contributed by atoms with van der Waals surface area (Å²) in [4.78, 5) is 25.2. The van der Waals surface area contributed by atoms with Crippen molar-refractivity contribution in [2.45, 2.75) is 32.6 Å². The van der Waals surface area contributed by atoms with Crippen molar-refractivity contribution in [3.05, 3.63) is 34.9 Å². The molecule has 1 aromatic rings. The Balaban J connectivity index is 1.74. The van der Waals surface area contributed by atoms with E-state index in [2.05, 4.69) is 5.32 Å². The third-order valence-corrected chi connectivity index (χ3v) is 4.40. The lowest BCUT2D eigenvalue weighted by atomic mass is 9.85. The second-order valence-electron chi connectivity index (χ2n) is 5.80. The van der Waals surface area contributed by atoms with Gasteiger partial charge in [-0.25, -0.2) is 0 Å². The number of benzene rings is 1. The van der Waals surface area contributed by atoms with Crippen LogP contribution in [0.3, 0.4) is 0 Å². The fourth-order valence-corrected chi connectivity index (χ4v) is 2.72. The minimum Gasteiger partial charge on any atom is -0.354 e. The van der Waals surface area contributed by atoms with E-state index >= 15 is 0 Å². The lowest BCUT2D eigenvalue weighted by molar-refractivity contribution is -0.130. The minimum absolute atomic E-state index is 0.0277. The van der Waals surface area contributed by atoms with E-state index < -0.39 is 0 Å². The summed E-state index contributed by atoms with van der Waals surface area (Å²) in [6, 6.07) is 7.67. The number of carbonyl (C=O) groups is 2. The van der Waals surface area contributed by atoms with Gasteiger partial charge in [0.1, 0.15) is 0 Å². The Morgan fingerprint density at radius 2 is 2.09 bits per heavy atom. The standard InChI is InChI=1S/C17H23ClN2O2/c1-13(21)20(10-8-14-4-2-7-16(18)12-14)11-9-19-17(22)15-5-3-6-15/h2,4,7,12,15H,3,5-6,8-11H2,1H3,(H,19,22). The number of amides is 2. The Kier molecular flexibility index (Phi) is 6.25.